The van der Waals surface area contributed by atoms with E-state index in [4.69, 9.17) is 0 Å². The normalized spacial score (nSPS) is 19.6. The van der Waals surface area contributed by atoms with Crippen LogP contribution in [0, 0.1) is 19.8 Å². The Kier molecular flexibility index (Phi) is 4.63. The molecule has 3 heterocycles. The Balaban J connectivity index is 1.54. The predicted octanol–water partition coefficient (Wildman–Crippen LogP) is 3.54. The minimum absolute atomic E-state index is 0.277. The molecule has 2 aromatic rings. The molecule has 4 rings (SSSR count). The third-order valence-corrected chi connectivity index (χ3v) is 6.87. The minimum atomic E-state index is 0.277. The van der Waals surface area contributed by atoms with Gasteiger partial charge in [-0.3, -0.25) is 4.79 Å². The molecule has 1 saturated heterocycles. The fraction of sp³-hybridized carbons (Fsp3) is 0.632. The van der Waals surface area contributed by atoms with Crippen molar-refractivity contribution in [1.82, 2.24) is 14.9 Å². The highest BCUT2D eigenvalue weighted by Gasteiger charge is 2.29. The van der Waals surface area contributed by atoms with Gasteiger partial charge in [-0.05, 0) is 38.7 Å². The topological polar surface area (TPSA) is 49.3 Å². The van der Waals surface area contributed by atoms with Crippen LogP contribution < -0.4 is 4.90 Å². The molecule has 25 heavy (non-hydrogen) atoms. The predicted molar refractivity (Wildman–Crippen MR) is 102 cm³/mol. The van der Waals surface area contributed by atoms with Crippen molar-refractivity contribution in [3.8, 4) is 0 Å². The van der Waals surface area contributed by atoms with Crippen LogP contribution in [0.4, 0.5) is 5.82 Å². The van der Waals surface area contributed by atoms with E-state index in [1.807, 2.05) is 0 Å². The number of hydrogen-bond acceptors (Lipinski definition) is 5. The summed E-state index contributed by atoms with van der Waals surface area (Å²) in [7, 11) is 0. The quantitative estimate of drug-likeness (QED) is 0.824. The number of hydrogen-bond donors (Lipinski definition) is 0. The van der Waals surface area contributed by atoms with Crippen molar-refractivity contribution < 1.29 is 4.79 Å². The number of aryl methyl sites for hydroxylation is 2. The molecule has 0 bridgehead atoms. The lowest BCUT2D eigenvalue weighted by Crippen LogP contribution is -2.38. The summed E-state index contributed by atoms with van der Waals surface area (Å²) in [6.07, 6.45) is 7.28. The number of carbonyl (C=O) groups excluding carboxylic acids is 1. The molecule has 2 aliphatic rings. The van der Waals surface area contributed by atoms with Crippen molar-refractivity contribution >= 4 is 33.3 Å². The summed E-state index contributed by atoms with van der Waals surface area (Å²) in [6, 6.07) is 0. The van der Waals surface area contributed by atoms with Crippen molar-refractivity contribution in [3.63, 3.8) is 0 Å². The molecule has 2 fully saturated rings. The van der Waals surface area contributed by atoms with Crippen LogP contribution in [0.2, 0.25) is 0 Å². The van der Waals surface area contributed by atoms with E-state index < -0.39 is 0 Å². The average molecular weight is 359 g/mol. The van der Waals surface area contributed by atoms with Crippen molar-refractivity contribution in [2.24, 2.45) is 5.92 Å². The highest BCUT2D eigenvalue weighted by molar-refractivity contribution is 7.18. The lowest BCUT2D eigenvalue weighted by Gasteiger charge is -2.25. The molecule has 6 heteroatoms. The van der Waals surface area contributed by atoms with Crippen LogP contribution in [0.1, 0.15) is 42.5 Å². The zero-order valence-corrected chi connectivity index (χ0v) is 15.9. The Morgan fingerprint density at radius 2 is 1.88 bits per heavy atom. The van der Waals surface area contributed by atoms with E-state index in [0.29, 0.717) is 5.91 Å². The van der Waals surface area contributed by atoms with Gasteiger partial charge in [-0.25, -0.2) is 9.97 Å². The molecule has 0 spiro atoms. The van der Waals surface area contributed by atoms with Crippen LogP contribution in [-0.4, -0.2) is 47.0 Å². The number of carbonyl (C=O) groups is 1. The van der Waals surface area contributed by atoms with Gasteiger partial charge in [-0.1, -0.05) is 12.8 Å². The Morgan fingerprint density at radius 1 is 1.08 bits per heavy atom. The number of nitrogens with zero attached hydrogens (tertiary/aromatic N) is 4. The summed E-state index contributed by atoms with van der Waals surface area (Å²) in [4.78, 5) is 28.6. The smallest absolute Gasteiger partial charge is 0.225 e. The highest BCUT2D eigenvalue weighted by atomic mass is 32.1. The summed E-state index contributed by atoms with van der Waals surface area (Å²) in [5.41, 5.74) is 1.29. The number of aromatic nitrogens is 2. The van der Waals surface area contributed by atoms with Gasteiger partial charge in [0, 0.05) is 37.0 Å². The Hall–Kier alpha value is -1.69. The molecule has 0 aromatic carbocycles. The monoisotopic (exact) mass is 358 g/mol. The molecule has 0 N–H and O–H groups in total. The first-order valence-corrected chi connectivity index (χ1v) is 10.2. The van der Waals surface area contributed by atoms with Crippen LogP contribution in [0.15, 0.2) is 6.33 Å². The summed E-state index contributed by atoms with van der Waals surface area (Å²) in [6.45, 7) is 7.81. The van der Waals surface area contributed by atoms with Crippen LogP contribution in [-0.2, 0) is 4.79 Å². The van der Waals surface area contributed by atoms with Gasteiger partial charge in [0.2, 0.25) is 5.91 Å². The van der Waals surface area contributed by atoms with Gasteiger partial charge in [-0.2, -0.15) is 0 Å². The van der Waals surface area contributed by atoms with E-state index in [1.165, 1.54) is 28.7 Å². The molecule has 134 valence electrons. The first kappa shape index (κ1) is 16.8. The summed E-state index contributed by atoms with van der Waals surface area (Å²) in [5.74, 6) is 1.70. The number of amides is 1. The molecule has 1 aliphatic heterocycles. The number of anilines is 1. The standard InChI is InChI=1S/C19H26N4OS/c1-13-14(2)25-18-16(13)17(20-12-21-18)22-8-5-9-23(11-10-22)19(24)15-6-3-4-7-15/h12,15H,3-11H2,1-2H3. The van der Waals surface area contributed by atoms with E-state index in [-0.39, 0.29) is 5.92 Å². The van der Waals surface area contributed by atoms with Crippen LogP contribution in [0.3, 0.4) is 0 Å². The molecule has 2 aromatic heterocycles. The lowest BCUT2D eigenvalue weighted by atomic mass is 10.1. The number of rotatable bonds is 2. The maximum atomic E-state index is 12.7. The van der Waals surface area contributed by atoms with Crippen LogP contribution in [0.5, 0.6) is 0 Å². The number of thiophene rings is 1. The van der Waals surface area contributed by atoms with E-state index >= 15 is 0 Å². The van der Waals surface area contributed by atoms with Crippen molar-refractivity contribution in [3.05, 3.63) is 16.8 Å². The molecule has 1 amide bonds. The third-order valence-electron chi connectivity index (χ3n) is 5.76. The van der Waals surface area contributed by atoms with Gasteiger partial charge in [0.1, 0.15) is 17.0 Å². The first-order valence-electron chi connectivity index (χ1n) is 9.39. The molecule has 0 radical (unpaired) electrons. The van der Waals surface area contributed by atoms with E-state index in [9.17, 15) is 4.79 Å². The number of fused-ring (bicyclic) bond motifs is 1. The molecule has 5 nitrogen and oxygen atoms in total. The fourth-order valence-electron chi connectivity index (χ4n) is 4.18. The maximum Gasteiger partial charge on any atom is 0.225 e. The maximum absolute atomic E-state index is 12.7. The second kappa shape index (κ2) is 6.90. The molecule has 0 unspecified atom stereocenters. The van der Waals surface area contributed by atoms with Gasteiger partial charge in [-0.15, -0.1) is 11.3 Å². The molecule has 0 atom stereocenters. The molecular formula is C19H26N4OS. The molecular weight excluding hydrogens is 332 g/mol. The Bertz CT molecular complexity index is 781. The summed E-state index contributed by atoms with van der Waals surface area (Å²) >= 11 is 1.74. The van der Waals surface area contributed by atoms with Gasteiger partial charge in [0.15, 0.2) is 0 Å². The minimum Gasteiger partial charge on any atom is -0.354 e. The van der Waals surface area contributed by atoms with Gasteiger partial charge < -0.3 is 9.80 Å². The Labute approximate surface area is 153 Å². The lowest BCUT2D eigenvalue weighted by molar-refractivity contribution is -0.135. The van der Waals surface area contributed by atoms with E-state index in [1.54, 1.807) is 17.7 Å². The van der Waals surface area contributed by atoms with Crippen molar-refractivity contribution in [1.29, 1.82) is 0 Å². The van der Waals surface area contributed by atoms with Crippen LogP contribution in [0.25, 0.3) is 10.2 Å². The average Bonchev–Trinajstić information content (AvgIpc) is 3.16. The SMILES string of the molecule is Cc1sc2ncnc(N3CCCN(C(=O)C4CCCC4)CC3)c2c1C. The van der Waals surface area contributed by atoms with Crippen molar-refractivity contribution in [2.75, 3.05) is 31.1 Å². The molecule has 1 saturated carbocycles. The van der Waals surface area contributed by atoms with Gasteiger partial charge >= 0.3 is 0 Å². The van der Waals surface area contributed by atoms with Crippen LogP contribution >= 0.6 is 11.3 Å². The second-order valence-corrected chi connectivity index (χ2v) is 8.51. The van der Waals surface area contributed by atoms with E-state index in [2.05, 4.69) is 33.6 Å². The zero-order chi connectivity index (χ0) is 17.4. The Morgan fingerprint density at radius 3 is 2.68 bits per heavy atom. The van der Waals surface area contributed by atoms with Gasteiger partial charge in [0.25, 0.3) is 0 Å². The first-order chi connectivity index (χ1) is 12.1. The fourth-order valence-corrected chi connectivity index (χ4v) is 5.18. The largest absolute Gasteiger partial charge is 0.354 e. The zero-order valence-electron chi connectivity index (χ0n) is 15.1. The van der Waals surface area contributed by atoms with Gasteiger partial charge in [0.05, 0.1) is 5.39 Å². The summed E-state index contributed by atoms with van der Waals surface area (Å²) < 4.78 is 0. The highest BCUT2D eigenvalue weighted by Crippen LogP contribution is 2.34. The summed E-state index contributed by atoms with van der Waals surface area (Å²) in [5, 5.41) is 1.19. The van der Waals surface area contributed by atoms with Crippen molar-refractivity contribution in [2.45, 2.75) is 46.0 Å². The van der Waals surface area contributed by atoms with E-state index in [0.717, 1.165) is 56.1 Å². The third kappa shape index (κ3) is 3.12. The molecule has 1 aliphatic carbocycles. The second-order valence-electron chi connectivity index (χ2n) is 7.31.